The lowest BCUT2D eigenvalue weighted by atomic mass is 10.0. The van der Waals surface area contributed by atoms with E-state index in [1.54, 1.807) is 0 Å². The standard InChI is InChI=1S/C12H13FO3/c1-3-4-11(14)9-6-5-8(7-10(9)13)12(15)16-2/h5-7H,3-4H2,1-2H3. The predicted octanol–water partition coefficient (Wildman–Crippen LogP) is 2.60. The van der Waals surface area contributed by atoms with Gasteiger partial charge in [-0.3, -0.25) is 4.79 Å². The number of Topliss-reactive ketones (excluding diaryl/α,β-unsaturated/α-hetero) is 1. The summed E-state index contributed by atoms with van der Waals surface area (Å²) in [6.45, 7) is 1.85. The average Bonchev–Trinajstić information content (AvgIpc) is 2.28. The number of methoxy groups -OCH3 is 1. The Morgan fingerprint density at radius 3 is 2.56 bits per heavy atom. The molecule has 0 unspecified atom stereocenters. The zero-order valence-electron chi connectivity index (χ0n) is 9.25. The van der Waals surface area contributed by atoms with Crippen molar-refractivity contribution in [1.82, 2.24) is 0 Å². The molecule has 0 aliphatic rings. The molecule has 1 rings (SSSR count). The van der Waals surface area contributed by atoms with Crippen LogP contribution in [0.3, 0.4) is 0 Å². The number of carbonyl (C=O) groups is 2. The summed E-state index contributed by atoms with van der Waals surface area (Å²) >= 11 is 0. The molecular weight excluding hydrogens is 211 g/mol. The molecule has 86 valence electrons. The van der Waals surface area contributed by atoms with Crippen LogP contribution in [0.4, 0.5) is 4.39 Å². The molecule has 0 N–H and O–H groups in total. The molecule has 0 aromatic heterocycles. The van der Waals surface area contributed by atoms with E-state index in [9.17, 15) is 14.0 Å². The van der Waals surface area contributed by atoms with Crippen molar-refractivity contribution in [1.29, 1.82) is 0 Å². The minimum Gasteiger partial charge on any atom is -0.465 e. The number of rotatable bonds is 4. The molecule has 0 heterocycles. The van der Waals surface area contributed by atoms with Gasteiger partial charge in [-0.2, -0.15) is 0 Å². The minimum atomic E-state index is -0.679. The Morgan fingerprint density at radius 2 is 2.06 bits per heavy atom. The van der Waals surface area contributed by atoms with E-state index in [0.717, 1.165) is 6.07 Å². The smallest absolute Gasteiger partial charge is 0.337 e. The van der Waals surface area contributed by atoms with E-state index in [4.69, 9.17) is 0 Å². The molecule has 0 saturated carbocycles. The fourth-order valence-electron chi connectivity index (χ4n) is 1.35. The van der Waals surface area contributed by atoms with Gasteiger partial charge in [0.1, 0.15) is 5.82 Å². The summed E-state index contributed by atoms with van der Waals surface area (Å²) in [5, 5.41) is 0. The number of carbonyl (C=O) groups excluding carboxylic acids is 2. The second-order valence-electron chi connectivity index (χ2n) is 3.36. The van der Waals surface area contributed by atoms with Crippen LogP contribution in [0.25, 0.3) is 0 Å². The van der Waals surface area contributed by atoms with Gasteiger partial charge in [0.15, 0.2) is 5.78 Å². The highest BCUT2D eigenvalue weighted by Gasteiger charge is 2.14. The van der Waals surface area contributed by atoms with Crippen molar-refractivity contribution in [3.8, 4) is 0 Å². The van der Waals surface area contributed by atoms with Crippen LogP contribution in [-0.4, -0.2) is 18.9 Å². The van der Waals surface area contributed by atoms with E-state index in [1.165, 1.54) is 19.2 Å². The summed E-state index contributed by atoms with van der Waals surface area (Å²) in [4.78, 5) is 22.6. The van der Waals surface area contributed by atoms with Gasteiger partial charge in [-0.1, -0.05) is 6.92 Å². The van der Waals surface area contributed by atoms with E-state index in [2.05, 4.69) is 4.74 Å². The van der Waals surface area contributed by atoms with Crippen molar-refractivity contribution < 1.29 is 18.7 Å². The van der Waals surface area contributed by atoms with Crippen LogP contribution in [0.15, 0.2) is 18.2 Å². The molecule has 0 aliphatic heterocycles. The zero-order chi connectivity index (χ0) is 12.1. The summed E-state index contributed by atoms with van der Waals surface area (Å²) in [7, 11) is 1.22. The van der Waals surface area contributed by atoms with Gasteiger partial charge < -0.3 is 4.74 Å². The molecule has 0 radical (unpaired) electrons. The van der Waals surface area contributed by atoms with Crippen LogP contribution in [0.1, 0.15) is 40.5 Å². The first kappa shape index (κ1) is 12.4. The molecule has 1 aromatic rings. The summed E-state index contributed by atoms with van der Waals surface area (Å²) in [5.74, 6) is -1.55. The maximum Gasteiger partial charge on any atom is 0.337 e. The third-order valence-corrected chi connectivity index (χ3v) is 2.17. The number of hydrogen-bond acceptors (Lipinski definition) is 3. The molecule has 4 heteroatoms. The molecule has 16 heavy (non-hydrogen) atoms. The predicted molar refractivity (Wildman–Crippen MR) is 57.0 cm³/mol. The Hall–Kier alpha value is -1.71. The largest absolute Gasteiger partial charge is 0.465 e. The van der Waals surface area contributed by atoms with Crippen LogP contribution in [-0.2, 0) is 4.74 Å². The Kier molecular flexibility index (Phi) is 4.17. The normalized spacial score (nSPS) is 9.94. The third-order valence-electron chi connectivity index (χ3n) is 2.17. The van der Waals surface area contributed by atoms with Crippen molar-refractivity contribution >= 4 is 11.8 Å². The first-order chi connectivity index (χ1) is 7.60. The van der Waals surface area contributed by atoms with Crippen molar-refractivity contribution in [3.05, 3.63) is 35.1 Å². The summed E-state index contributed by atoms with van der Waals surface area (Å²) in [5.41, 5.74) is 0.127. The Labute approximate surface area is 93.2 Å². The first-order valence-corrected chi connectivity index (χ1v) is 5.01. The topological polar surface area (TPSA) is 43.4 Å². The highest BCUT2D eigenvalue weighted by atomic mass is 19.1. The molecule has 0 fully saturated rings. The lowest BCUT2D eigenvalue weighted by Gasteiger charge is -2.03. The monoisotopic (exact) mass is 224 g/mol. The number of halogens is 1. The fourth-order valence-corrected chi connectivity index (χ4v) is 1.35. The maximum atomic E-state index is 13.5. The van der Waals surface area contributed by atoms with Crippen molar-refractivity contribution in [2.24, 2.45) is 0 Å². The van der Waals surface area contributed by atoms with E-state index < -0.39 is 11.8 Å². The minimum absolute atomic E-state index is 0.0227. The molecule has 0 bridgehead atoms. The van der Waals surface area contributed by atoms with Crippen LogP contribution in [0.2, 0.25) is 0 Å². The Balaban J connectivity index is 3.00. The Bertz CT molecular complexity index is 413. The van der Waals surface area contributed by atoms with Gasteiger partial charge in [-0.05, 0) is 24.6 Å². The maximum absolute atomic E-state index is 13.5. The highest BCUT2D eigenvalue weighted by Crippen LogP contribution is 2.14. The average molecular weight is 224 g/mol. The molecule has 0 saturated heterocycles. The number of benzene rings is 1. The molecular formula is C12H13FO3. The SMILES string of the molecule is CCCC(=O)c1ccc(C(=O)OC)cc1F. The van der Waals surface area contributed by atoms with Crippen molar-refractivity contribution in [2.45, 2.75) is 19.8 Å². The van der Waals surface area contributed by atoms with E-state index in [-0.39, 0.29) is 16.9 Å². The number of ketones is 1. The van der Waals surface area contributed by atoms with Gasteiger partial charge in [0, 0.05) is 6.42 Å². The molecule has 0 atom stereocenters. The van der Waals surface area contributed by atoms with E-state index in [0.29, 0.717) is 12.8 Å². The summed E-state index contributed by atoms with van der Waals surface area (Å²) < 4.78 is 17.9. The number of esters is 1. The van der Waals surface area contributed by atoms with Gasteiger partial charge >= 0.3 is 5.97 Å². The molecule has 3 nitrogen and oxygen atoms in total. The molecule has 1 aromatic carbocycles. The van der Waals surface area contributed by atoms with E-state index in [1.807, 2.05) is 6.92 Å². The second-order valence-corrected chi connectivity index (χ2v) is 3.36. The third kappa shape index (κ3) is 2.66. The quantitative estimate of drug-likeness (QED) is 0.583. The summed E-state index contributed by atoms with van der Waals surface area (Å²) in [6.07, 6.45) is 0.964. The fraction of sp³-hybridized carbons (Fsp3) is 0.333. The lowest BCUT2D eigenvalue weighted by Crippen LogP contribution is -2.06. The van der Waals surface area contributed by atoms with Crippen molar-refractivity contribution in [2.75, 3.05) is 7.11 Å². The van der Waals surface area contributed by atoms with Crippen LogP contribution < -0.4 is 0 Å². The first-order valence-electron chi connectivity index (χ1n) is 5.01. The van der Waals surface area contributed by atoms with Crippen LogP contribution in [0.5, 0.6) is 0 Å². The molecule has 0 aliphatic carbocycles. The number of hydrogen-bond donors (Lipinski definition) is 0. The summed E-state index contributed by atoms with van der Waals surface area (Å²) in [6, 6.07) is 3.73. The van der Waals surface area contributed by atoms with Gasteiger partial charge in [-0.15, -0.1) is 0 Å². The zero-order valence-corrected chi connectivity index (χ0v) is 9.25. The van der Waals surface area contributed by atoms with Gasteiger partial charge in [0.05, 0.1) is 18.2 Å². The highest BCUT2D eigenvalue weighted by molar-refractivity contribution is 5.97. The molecule has 0 spiro atoms. The number of ether oxygens (including phenoxy) is 1. The van der Waals surface area contributed by atoms with Crippen LogP contribution >= 0.6 is 0 Å². The van der Waals surface area contributed by atoms with Gasteiger partial charge in [-0.25, -0.2) is 9.18 Å². The van der Waals surface area contributed by atoms with Crippen molar-refractivity contribution in [3.63, 3.8) is 0 Å². The van der Waals surface area contributed by atoms with E-state index >= 15 is 0 Å². The van der Waals surface area contributed by atoms with Gasteiger partial charge in [0.2, 0.25) is 0 Å². The Morgan fingerprint density at radius 1 is 1.38 bits per heavy atom. The van der Waals surface area contributed by atoms with Gasteiger partial charge in [0.25, 0.3) is 0 Å². The lowest BCUT2D eigenvalue weighted by molar-refractivity contribution is 0.0599. The second kappa shape index (κ2) is 5.39. The molecule has 0 amide bonds. The van der Waals surface area contributed by atoms with Crippen LogP contribution in [0, 0.1) is 5.82 Å².